The second-order valence-electron chi connectivity index (χ2n) is 5.20. The Labute approximate surface area is 123 Å². The summed E-state index contributed by atoms with van der Waals surface area (Å²) in [6.07, 6.45) is 0.861. The number of aliphatic hydroxyl groups is 1. The first-order chi connectivity index (χ1) is 10.0. The number of hydrogen-bond donors (Lipinski definition) is 3. The number of nitrogens with one attached hydrogen (secondary N) is 2. The highest BCUT2D eigenvalue weighted by Crippen LogP contribution is 2.28. The van der Waals surface area contributed by atoms with Gasteiger partial charge in [0.25, 0.3) is 11.8 Å². The monoisotopic (exact) mass is 292 g/mol. The highest BCUT2D eigenvalue weighted by molar-refractivity contribution is 5.99. The average Bonchev–Trinajstić information content (AvgIpc) is 2.50. The van der Waals surface area contributed by atoms with Crippen molar-refractivity contribution in [3.8, 4) is 5.75 Å². The molecule has 2 rings (SSSR count). The highest BCUT2D eigenvalue weighted by atomic mass is 16.5. The minimum atomic E-state index is -0.288. The molecule has 1 aromatic rings. The summed E-state index contributed by atoms with van der Waals surface area (Å²) in [5, 5.41) is 14.8. The third-order valence-electron chi connectivity index (χ3n) is 3.72. The van der Waals surface area contributed by atoms with Crippen LogP contribution < -0.4 is 15.4 Å². The second kappa shape index (κ2) is 6.58. The Morgan fingerprint density at radius 2 is 2.29 bits per heavy atom. The summed E-state index contributed by atoms with van der Waals surface area (Å²) >= 11 is 0. The SMILES string of the molecule is CC[C@H](C)[C@@H](CO)NC(=O)c1ccc2c(c1)NC(=O)CO2. The van der Waals surface area contributed by atoms with Crippen molar-refractivity contribution in [3.05, 3.63) is 23.8 Å². The first-order valence-corrected chi connectivity index (χ1v) is 7.03. The first kappa shape index (κ1) is 15.3. The van der Waals surface area contributed by atoms with Crippen molar-refractivity contribution in [1.29, 1.82) is 0 Å². The van der Waals surface area contributed by atoms with Gasteiger partial charge in [0.1, 0.15) is 5.75 Å². The molecule has 6 heteroatoms. The maximum absolute atomic E-state index is 12.2. The number of benzene rings is 1. The van der Waals surface area contributed by atoms with Gasteiger partial charge in [-0.05, 0) is 24.1 Å². The molecule has 0 saturated carbocycles. The van der Waals surface area contributed by atoms with Crippen LogP contribution in [0, 0.1) is 5.92 Å². The van der Waals surface area contributed by atoms with Crippen LogP contribution in [-0.2, 0) is 4.79 Å². The fourth-order valence-electron chi connectivity index (χ4n) is 2.13. The number of rotatable bonds is 5. The summed E-state index contributed by atoms with van der Waals surface area (Å²) in [5.74, 6) is 0.205. The molecule has 0 unspecified atom stereocenters. The zero-order valence-corrected chi connectivity index (χ0v) is 12.2. The molecule has 21 heavy (non-hydrogen) atoms. The van der Waals surface area contributed by atoms with E-state index in [1.165, 1.54) is 0 Å². The molecule has 2 amide bonds. The van der Waals surface area contributed by atoms with Crippen LogP contribution >= 0.6 is 0 Å². The molecule has 0 spiro atoms. The van der Waals surface area contributed by atoms with Crippen molar-refractivity contribution in [2.45, 2.75) is 26.3 Å². The van der Waals surface area contributed by atoms with Gasteiger partial charge in [-0.2, -0.15) is 0 Å². The summed E-state index contributed by atoms with van der Waals surface area (Å²) in [7, 11) is 0. The number of carbonyl (C=O) groups is 2. The Bertz CT molecular complexity index is 544. The van der Waals surface area contributed by atoms with E-state index < -0.39 is 0 Å². The zero-order valence-electron chi connectivity index (χ0n) is 12.2. The topological polar surface area (TPSA) is 87.7 Å². The van der Waals surface area contributed by atoms with E-state index in [4.69, 9.17) is 4.74 Å². The molecule has 0 aliphatic carbocycles. The van der Waals surface area contributed by atoms with E-state index >= 15 is 0 Å². The van der Waals surface area contributed by atoms with E-state index in [0.29, 0.717) is 17.0 Å². The third kappa shape index (κ3) is 3.52. The predicted octanol–water partition coefficient (Wildman–Crippen LogP) is 1.15. The van der Waals surface area contributed by atoms with Crippen molar-refractivity contribution in [2.24, 2.45) is 5.92 Å². The Morgan fingerprint density at radius 3 is 2.95 bits per heavy atom. The lowest BCUT2D eigenvalue weighted by Gasteiger charge is -2.23. The van der Waals surface area contributed by atoms with Crippen LogP contribution in [0.15, 0.2) is 18.2 Å². The van der Waals surface area contributed by atoms with E-state index in [0.717, 1.165) is 6.42 Å². The van der Waals surface area contributed by atoms with Crippen LogP contribution in [0.3, 0.4) is 0 Å². The van der Waals surface area contributed by atoms with Gasteiger partial charge in [-0.3, -0.25) is 9.59 Å². The number of fused-ring (bicyclic) bond motifs is 1. The molecule has 1 heterocycles. The van der Waals surface area contributed by atoms with Gasteiger partial charge >= 0.3 is 0 Å². The van der Waals surface area contributed by atoms with Crippen LogP contribution in [0.1, 0.15) is 30.6 Å². The predicted molar refractivity (Wildman–Crippen MR) is 78.4 cm³/mol. The van der Waals surface area contributed by atoms with Gasteiger partial charge in [0.05, 0.1) is 18.3 Å². The first-order valence-electron chi connectivity index (χ1n) is 7.03. The molecule has 0 bridgehead atoms. The fourth-order valence-corrected chi connectivity index (χ4v) is 2.13. The van der Waals surface area contributed by atoms with Crippen molar-refractivity contribution >= 4 is 17.5 Å². The van der Waals surface area contributed by atoms with Crippen molar-refractivity contribution in [2.75, 3.05) is 18.5 Å². The lowest BCUT2D eigenvalue weighted by atomic mass is 9.99. The van der Waals surface area contributed by atoms with Crippen LogP contribution in [0.25, 0.3) is 0 Å². The quantitative estimate of drug-likeness (QED) is 0.760. The molecule has 2 atom stereocenters. The maximum Gasteiger partial charge on any atom is 0.262 e. The number of anilines is 1. The molecule has 1 aliphatic rings. The molecular weight excluding hydrogens is 272 g/mol. The molecule has 1 aliphatic heterocycles. The summed E-state index contributed by atoms with van der Waals surface area (Å²) in [6, 6.07) is 4.58. The van der Waals surface area contributed by atoms with Crippen LogP contribution in [0.4, 0.5) is 5.69 Å². The average molecular weight is 292 g/mol. The van der Waals surface area contributed by atoms with Gasteiger partial charge in [0.15, 0.2) is 6.61 Å². The lowest BCUT2D eigenvalue weighted by molar-refractivity contribution is -0.118. The number of carbonyl (C=O) groups excluding carboxylic acids is 2. The van der Waals surface area contributed by atoms with Crippen LogP contribution in [0.5, 0.6) is 5.75 Å². The van der Waals surface area contributed by atoms with Gasteiger partial charge in [-0.25, -0.2) is 0 Å². The molecule has 0 fully saturated rings. The molecular formula is C15H20N2O4. The minimum Gasteiger partial charge on any atom is -0.482 e. The van der Waals surface area contributed by atoms with Crippen LogP contribution in [-0.4, -0.2) is 36.2 Å². The Morgan fingerprint density at radius 1 is 1.52 bits per heavy atom. The largest absolute Gasteiger partial charge is 0.482 e. The zero-order chi connectivity index (χ0) is 15.4. The highest BCUT2D eigenvalue weighted by Gasteiger charge is 2.21. The van der Waals surface area contributed by atoms with Crippen LogP contribution in [0.2, 0.25) is 0 Å². The van der Waals surface area contributed by atoms with E-state index in [1.54, 1.807) is 18.2 Å². The summed E-state index contributed by atoms with van der Waals surface area (Å²) in [6.45, 7) is 3.86. The van der Waals surface area contributed by atoms with E-state index in [2.05, 4.69) is 10.6 Å². The Kier molecular flexibility index (Phi) is 4.80. The fraction of sp³-hybridized carbons (Fsp3) is 0.467. The van der Waals surface area contributed by atoms with Crippen molar-refractivity contribution in [1.82, 2.24) is 5.32 Å². The Hall–Kier alpha value is -2.08. The minimum absolute atomic E-state index is 0.0147. The second-order valence-corrected chi connectivity index (χ2v) is 5.20. The molecule has 1 aromatic carbocycles. The van der Waals surface area contributed by atoms with Gasteiger partial charge in [-0.1, -0.05) is 20.3 Å². The number of hydrogen-bond acceptors (Lipinski definition) is 4. The maximum atomic E-state index is 12.2. The van der Waals surface area contributed by atoms with Gasteiger partial charge in [0.2, 0.25) is 0 Å². The third-order valence-corrected chi connectivity index (χ3v) is 3.72. The number of aliphatic hydroxyl groups excluding tert-OH is 1. The molecule has 114 valence electrons. The van der Waals surface area contributed by atoms with Gasteiger partial charge in [-0.15, -0.1) is 0 Å². The van der Waals surface area contributed by atoms with Gasteiger partial charge in [0, 0.05) is 5.56 Å². The number of ether oxygens (including phenoxy) is 1. The van der Waals surface area contributed by atoms with Crippen molar-refractivity contribution in [3.63, 3.8) is 0 Å². The molecule has 0 radical (unpaired) electrons. The number of amides is 2. The Balaban J connectivity index is 2.12. The summed E-state index contributed by atoms with van der Waals surface area (Å²) in [4.78, 5) is 23.5. The molecule has 3 N–H and O–H groups in total. The standard InChI is InChI=1S/C15H20N2O4/c1-3-9(2)12(7-18)17-15(20)10-4-5-13-11(6-10)16-14(19)8-21-13/h4-6,9,12,18H,3,7-8H2,1-2H3,(H,16,19)(H,17,20)/t9-,12+/m0/s1. The van der Waals surface area contributed by atoms with E-state index in [9.17, 15) is 14.7 Å². The van der Waals surface area contributed by atoms with Crippen molar-refractivity contribution < 1.29 is 19.4 Å². The molecule has 0 saturated heterocycles. The summed E-state index contributed by atoms with van der Waals surface area (Å²) in [5.41, 5.74) is 0.907. The summed E-state index contributed by atoms with van der Waals surface area (Å²) < 4.78 is 5.24. The molecule has 6 nitrogen and oxygen atoms in total. The van der Waals surface area contributed by atoms with E-state index in [1.807, 2.05) is 13.8 Å². The lowest BCUT2D eigenvalue weighted by Crippen LogP contribution is -2.41. The van der Waals surface area contributed by atoms with E-state index in [-0.39, 0.29) is 37.0 Å². The molecule has 0 aromatic heterocycles. The normalized spacial score (nSPS) is 16.2. The smallest absolute Gasteiger partial charge is 0.262 e. The van der Waals surface area contributed by atoms with Gasteiger partial charge < -0.3 is 20.5 Å².